The molecule has 1 heterocycles. The lowest BCUT2D eigenvalue weighted by Crippen LogP contribution is -2.27. The molecule has 1 N–H and O–H groups in total. The number of methoxy groups -OCH3 is 1. The second-order valence-electron chi connectivity index (χ2n) is 6.33. The average molecular weight is 431 g/mol. The molecular formula is C21H23ClN4O2S. The molecule has 0 atom stereocenters. The van der Waals surface area contributed by atoms with Crippen molar-refractivity contribution in [3.8, 4) is 11.4 Å². The van der Waals surface area contributed by atoms with Gasteiger partial charge in [-0.3, -0.25) is 9.36 Å². The van der Waals surface area contributed by atoms with E-state index in [-0.39, 0.29) is 11.7 Å². The molecular weight excluding hydrogens is 408 g/mol. The van der Waals surface area contributed by atoms with E-state index in [4.69, 9.17) is 16.3 Å². The molecule has 152 valence electrons. The summed E-state index contributed by atoms with van der Waals surface area (Å²) in [6.45, 7) is 1.73. The van der Waals surface area contributed by atoms with Crippen LogP contribution in [0.3, 0.4) is 0 Å². The Labute approximate surface area is 179 Å². The summed E-state index contributed by atoms with van der Waals surface area (Å²) in [4.78, 5) is 12.2. The summed E-state index contributed by atoms with van der Waals surface area (Å²) < 4.78 is 7.18. The van der Waals surface area contributed by atoms with E-state index in [0.29, 0.717) is 29.9 Å². The number of benzene rings is 2. The molecule has 1 aromatic heterocycles. The fourth-order valence-electron chi connectivity index (χ4n) is 2.76. The predicted molar refractivity (Wildman–Crippen MR) is 116 cm³/mol. The summed E-state index contributed by atoms with van der Waals surface area (Å²) in [5.41, 5.74) is 2.12. The van der Waals surface area contributed by atoms with E-state index in [0.717, 1.165) is 17.8 Å². The zero-order chi connectivity index (χ0) is 20.5. The van der Waals surface area contributed by atoms with Crippen LogP contribution in [0.4, 0.5) is 0 Å². The Morgan fingerprint density at radius 3 is 2.62 bits per heavy atom. The Balaban J connectivity index is 1.59. The monoisotopic (exact) mass is 430 g/mol. The molecule has 8 heteroatoms. The zero-order valence-corrected chi connectivity index (χ0v) is 17.7. The van der Waals surface area contributed by atoms with Gasteiger partial charge in [-0.15, -0.1) is 10.2 Å². The molecule has 0 aliphatic rings. The minimum atomic E-state index is -0.0275. The van der Waals surface area contributed by atoms with Gasteiger partial charge in [0.15, 0.2) is 11.0 Å². The molecule has 0 aliphatic heterocycles. The number of hydrogen-bond donors (Lipinski definition) is 1. The van der Waals surface area contributed by atoms with Crippen molar-refractivity contribution in [3.05, 3.63) is 65.2 Å². The number of halogens is 1. The normalized spacial score (nSPS) is 10.8. The molecule has 3 aromatic rings. The van der Waals surface area contributed by atoms with Gasteiger partial charge in [-0.1, -0.05) is 53.7 Å². The van der Waals surface area contributed by atoms with Crippen LogP contribution in [0.5, 0.6) is 0 Å². The van der Waals surface area contributed by atoms with Crippen LogP contribution >= 0.6 is 23.4 Å². The van der Waals surface area contributed by atoms with E-state index in [1.165, 1.54) is 17.3 Å². The van der Waals surface area contributed by atoms with E-state index >= 15 is 0 Å². The van der Waals surface area contributed by atoms with Gasteiger partial charge in [0.25, 0.3) is 0 Å². The molecule has 1 amide bonds. The summed E-state index contributed by atoms with van der Waals surface area (Å²) in [7, 11) is 1.65. The highest BCUT2D eigenvalue weighted by molar-refractivity contribution is 7.99. The number of carbonyl (C=O) groups excluding carboxylic acids is 1. The van der Waals surface area contributed by atoms with E-state index in [2.05, 4.69) is 27.6 Å². The Morgan fingerprint density at radius 1 is 1.14 bits per heavy atom. The molecule has 0 aliphatic carbocycles. The fraction of sp³-hybridized carbons (Fsp3) is 0.286. The molecule has 0 bridgehead atoms. The van der Waals surface area contributed by atoms with Gasteiger partial charge in [0, 0.05) is 24.2 Å². The van der Waals surface area contributed by atoms with Crippen molar-refractivity contribution in [2.24, 2.45) is 0 Å². The second kappa shape index (κ2) is 11.0. The molecule has 2 aromatic carbocycles. The summed E-state index contributed by atoms with van der Waals surface area (Å²) in [6.07, 6.45) is 0.808. The smallest absolute Gasteiger partial charge is 0.230 e. The molecule has 0 saturated carbocycles. The molecule has 3 rings (SSSR count). The standard InChI is InChI=1S/C21H23ClN4O2S/c1-28-14-13-26-20(17-7-9-18(22)10-8-17)24-25-21(26)29-15-19(27)23-12-11-16-5-3-2-4-6-16/h2-10H,11-15H2,1H3,(H,23,27). The third-order valence-corrected chi connectivity index (χ3v) is 5.47. The van der Waals surface area contributed by atoms with Crippen molar-refractivity contribution in [1.82, 2.24) is 20.1 Å². The SMILES string of the molecule is COCCn1c(SCC(=O)NCCc2ccccc2)nnc1-c1ccc(Cl)cc1. The Hall–Kier alpha value is -2.35. The number of carbonyl (C=O) groups is 1. The van der Waals surface area contributed by atoms with Crippen LogP contribution < -0.4 is 5.32 Å². The van der Waals surface area contributed by atoms with Gasteiger partial charge in [-0.25, -0.2) is 0 Å². The molecule has 6 nitrogen and oxygen atoms in total. The summed E-state index contributed by atoms with van der Waals surface area (Å²) >= 11 is 7.35. The van der Waals surface area contributed by atoms with Gasteiger partial charge in [0.1, 0.15) is 0 Å². The van der Waals surface area contributed by atoms with E-state index in [1.807, 2.05) is 47.0 Å². The van der Waals surface area contributed by atoms with Gasteiger partial charge in [0.05, 0.1) is 18.9 Å². The fourth-order valence-corrected chi connectivity index (χ4v) is 3.68. The molecule has 0 fully saturated rings. The Morgan fingerprint density at radius 2 is 1.90 bits per heavy atom. The lowest BCUT2D eigenvalue weighted by Gasteiger charge is -2.10. The maximum atomic E-state index is 12.2. The molecule has 0 radical (unpaired) electrons. The minimum absolute atomic E-state index is 0.0275. The molecule has 0 saturated heterocycles. The van der Waals surface area contributed by atoms with Crippen LogP contribution in [0.1, 0.15) is 5.56 Å². The van der Waals surface area contributed by atoms with E-state index < -0.39 is 0 Å². The van der Waals surface area contributed by atoms with Crippen molar-refractivity contribution < 1.29 is 9.53 Å². The van der Waals surface area contributed by atoms with E-state index in [9.17, 15) is 4.79 Å². The van der Waals surface area contributed by atoms with Gasteiger partial charge in [0.2, 0.25) is 5.91 Å². The summed E-state index contributed by atoms with van der Waals surface area (Å²) in [5.74, 6) is 0.978. The summed E-state index contributed by atoms with van der Waals surface area (Å²) in [6, 6.07) is 17.5. The number of nitrogens with zero attached hydrogens (tertiary/aromatic N) is 3. The number of nitrogens with one attached hydrogen (secondary N) is 1. The second-order valence-corrected chi connectivity index (χ2v) is 7.71. The van der Waals surface area contributed by atoms with Crippen LogP contribution in [-0.2, 0) is 22.5 Å². The number of rotatable bonds is 10. The number of amides is 1. The third kappa shape index (κ3) is 6.32. The van der Waals surface area contributed by atoms with E-state index in [1.54, 1.807) is 7.11 Å². The first-order valence-corrected chi connectivity index (χ1v) is 10.6. The quantitative estimate of drug-likeness (QED) is 0.497. The molecule has 29 heavy (non-hydrogen) atoms. The highest BCUT2D eigenvalue weighted by Crippen LogP contribution is 2.25. The van der Waals surface area contributed by atoms with Crippen LogP contribution in [0, 0.1) is 0 Å². The lowest BCUT2D eigenvalue weighted by molar-refractivity contribution is -0.118. The Bertz CT molecular complexity index is 916. The van der Waals surface area contributed by atoms with Gasteiger partial charge < -0.3 is 10.1 Å². The average Bonchev–Trinajstić information content (AvgIpc) is 3.14. The first-order valence-electron chi connectivity index (χ1n) is 9.29. The van der Waals surface area contributed by atoms with Crippen LogP contribution in [-0.4, -0.2) is 46.7 Å². The minimum Gasteiger partial charge on any atom is -0.383 e. The topological polar surface area (TPSA) is 69.0 Å². The maximum absolute atomic E-state index is 12.2. The van der Waals surface area contributed by atoms with Gasteiger partial charge in [-0.05, 0) is 36.2 Å². The number of aromatic nitrogens is 3. The first-order chi connectivity index (χ1) is 14.2. The largest absolute Gasteiger partial charge is 0.383 e. The van der Waals surface area contributed by atoms with Crippen molar-refractivity contribution in [1.29, 1.82) is 0 Å². The summed E-state index contributed by atoms with van der Waals surface area (Å²) in [5, 5.41) is 12.9. The third-order valence-electron chi connectivity index (χ3n) is 4.25. The zero-order valence-electron chi connectivity index (χ0n) is 16.2. The van der Waals surface area contributed by atoms with Gasteiger partial charge in [-0.2, -0.15) is 0 Å². The van der Waals surface area contributed by atoms with Crippen LogP contribution in [0.25, 0.3) is 11.4 Å². The maximum Gasteiger partial charge on any atom is 0.230 e. The lowest BCUT2D eigenvalue weighted by atomic mass is 10.1. The van der Waals surface area contributed by atoms with Crippen LogP contribution in [0.2, 0.25) is 5.02 Å². The highest BCUT2D eigenvalue weighted by Gasteiger charge is 2.15. The van der Waals surface area contributed by atoms with Crippen molar-refractivity contribution in [2.45, 2.75) is 18.1 Å². The van der Waals surface area contributed by atoms with Crippen molar-refractivity contribution in [3.63, 3.8) is 0 Å². The number of thioether (sulfide) groups is 1. The van der Waals surface area contributed by atoms with Crippen molar-refractivity contribution >= 4 is 29.3 Å². The number of hydrogen-bond acceptors (Lipinski definition) is 5. The van der Waals surface area contributed by atoms with Gasteiger partial charge >= 0.3 is 0 Å². The molecule has 0 spiro atoms. The Kier molecular flexibility index (Phi) is 8.10. The highest BCUT2D eigenvalue weighted by atomic mass is 35.5. The first kappa shape index (κ1) is 21.4. The number of ether oxygens (including phenoxy) is 1. The predicted octanol–water partition coefficient (Wildman–Crippen LogP) is 3.70. The van der Waals surface area contributed by atoms with Crippen LogP contribution in [0.15, 0.2) is 59.8 Å². The molecule has 0 unspecified atom stereocenters. The van der Waals surface area contributed by atoms with Crippen molar-refractivity contribution in [2.75, 3.05) is 26.0 Å².